The third kappa shape index (κ3) is 3.86. The molecule has 2 aromatic carbocycles. The van der Waals surface area contributed by atoms with Crippen LogP contribution in [-0.4, -0.2) is 36.5 Å². The molecule has 0 aliphatic carbocycles. The van der Waals surface area contributed by atoms with E-state index in [0.717, 1.165) is 0 Å². The molecule has 2 amide bonds. The number of imide groups is 1. The fraction of sp³-hybridized carbons (Fsp3) is 0.273. The lowest BCUT2D eigenvalue weighted by Crippen LogP contribution is -2.32. The smallest absolute Gasteiger partial charge is 0.278 e. The number of anilines is 1. The molecular weight excluding hydrogens is 356 g/mol. The van der Waals surface area contributed by atoms with Crippen molar-refractivity contribution in [3.05, 3.63) is 59.8 Å². The Kier molecular flexibility index (Phi) is 5.68. The number of hydrogen-bond donors (Lipinski definition) is 1. The molecule has 1 heterocycles. The van der Waals surface area contributed by atoms with E-state index in [1.54, 1.807) is 44.4 Å². The number of likely N-dealkylation sites (N-methyl/N-ethyl adjacent to an activating group) is 1. The van der Waals surface area contributed by atoms with Gasteiger partial charge in [-0.15, -0.1) is 0 Å². The first kappa shape index (κ1) is 19.5. The number of ether oxygens (including phenoxy) is 2. The summed E-state index contributed by atoms with van der Waals surface area (Å²) in [6.07, 6.45) is 0.0561. The molecule has 0 aromatic heterocycles. The van der Waals surface area contributed by atoms with E-state index < -0.39 is 0 Å². The predicted molar refractivity (Wildman–Crippen MR) is 108 cm³/mol. The zero-order chi connectivity index (χ0) is 20.3. The van der Waals surface area contributed by atoms with Crippen molar-refractivity contribution in [3.8, 4) is 11.5 Å². The fourth-order valence-electron chi connectivity index (χ4n) is 3.06. The third-order valence-electron chi connectivity index (χ3n) is 4.34. The van der Waals surface area contributed by atoms with E-state index in [9.17, 15) is 9.59 Å². The van der Waals surface area contributed by atoms with Crippen molar-refractivity contribution in [1.29, 1.82) is 0 Å². The number of hydrogen-bond acceptors (Lipinski definition) is 5. The van der Waals surface area contributed by atoms with Gasteiger partial charge in [-0.1, -0.05) is 18.2 Å². The first-order valence-electron chi connectivity index (χ1n) is 9.23. The molecule has 0 unspecified atom stereocenters. The normalized spacial score (nSPS) is 14.1. The molecular formula is C22H24N2O4. The van der Waals surface area contributed by atoms with Gasteiger partial charge in [0.25, 0.3) is 11.8 Å². The average molecular weight is 380 g/mol. The standard InChI is InChI=1S/C22H24N2O4/c1-5-24-21(25)19(15-9-11-17(12-10-15)28-14(2)3)20(22(24)26)23-16-7-6-8-18(13-16)27-4/h6-14,23H,5H2,1-4H3. The minimum absolute atomic E-state index is 0.0561. The molecule has 6 nitrogen and oxygen atoms in total. The third-order valence-corrected chi connectivity index (χ3v) is 4.34. The summed E-state index contributed by atoms with van der Waals surface area (Å²) in [7, 11) is 1.58. The Morgan fingerprint density at radius 2 is 1.71 bits per heavy atom. The first-order valence-corrected chi connectivity index (χ1v) is 9.23. The van der Waals surface area contributed by atoms with Crippen LogP contribution in [0.4, 0.5) is 5.69 Å². The van der Waals surface area contributed by atoms with Crippen molar-refractivity contribution in [2.45, 2.75) is 26.9 Å². The maximum Gasteiger partial charge on any atom is 0.278 e. The van der Waals surface area contributed by atoms with E-state index in [0.29, 0.717) is 34.9 Å². The van der Waals surface area contributed by atoms with Crippen molar-refractivity contribution in [1.82, 2.24) is 4.90 Å². The van der Waals surface area contributed by atoms with Crippen LogP contribution in [-0.2, 0) is 9.59 Å². The number of nitrogens with one attached hydrogen (secondary N) is 1. The molecule has 146 valence electrons. The lowest BCUT2D eigenvalue weighted by molar-refractivity contribution is -0.136. The largest absolute Gasteiger partial charge is 0.497 e. The van der Waals surface area contributed by atoms with Crippen LogP contribution >= 0.6 is 0 Å². The summed E-state index contributed by atoms with van der Waals surface area (Å²) in [5, 5.41) is 3.11. The van der Waals surface area contributed by atoms with Crippen LogP contribution in [0.15, 0.2) is 54.2 Å². The van der Waals surface area contributed by atoms with Gasteiger partial charge in [-0.25, -0.2) is 0 Å². The quantitative estimate of drug-likeness (QED) is 0.742. The second-order valence-electron chi connectivity index (χ2n) is 6.65. The molecule has 3 rings (SSSR count). The van der Waals surface area contributed by atoms with Crippen molar-refractivity contribution in [2.24, 2.45) is 0 Å². The topological polar surface area (TPSA) is 67.9 Å². The highest BCUT2D eigenvalue weighted by molar-refractivity contribution is 6.36. The average Bonchev–Trinajstić information content (AvgIpc) is 2.91. The van der Waals surface area contributed by atoms with Gasteiger partial charge in [0.1, 0.15) is 17.2 Å². The van der Waals surface area contributed by atoms with Crippen LogP contribution < -0.4 is 14.8 Å². The van der Waals surface area contributed by atoms with Crippen LogP contribution in [0.5, 0.6) is 11.5 Å². The molecule has 1 N–H and O–H groups in total. The number of benzene rings is 2. The van der Waals surface area contributed by atoms with Gasteiger partial charge in [0.15, 0.2) is 0 Å². The van der Waals surface area contributed by atoms with Gasteiger partial charge < -0.3 is 14.8 Å². The summed E-state index contributed by atoms with van der Waals surface area (Å²) in [5.74, 6) is 0.723. The van der Waals surface area contributed by atoms with E-state index in [1.807, 2.05) is 32.0 Å². The Morgan fingerprint density at radius 1 is 1.00 bits per heavy atom. The Morgan fingerprint density at radius 3 is 2.32 bits per heavy atom. The number of carbonyl (C=O) groups is 2. The number of nitrogens with zero attached hydrogens (tertiary/aromatic N) is 1. The van der Waals surface area contributed by atoms with Crippen LogP contribution in [0, 0.1) is 0 Å². The molecule has 6 heteroatoms. The Bertz CT molecular complexity index is 916. The maximum atomic E-state index is 12.9. The zero-order valence-corrected chi connectivity index (χ0v) is 16.5. The van der Waals surface area contributed by atoms with E-state index in [1.165, 1.54) is 4.90 Å². The van der Waals surface area contributed by atoms with E-state index in [4.69, 9.17) is 9.47 Å². The van der Waals surface area contributed by atoms with Gasteiger partial charge in [0, 0.05) is 18.3 Å². The fourth-order valence-corrected chi connectivity index (χ4v) is 3.06. The SMILES string of the molecule is CCN1C(=O)C(Nc2cccc(OC)c2)=C(c2ccc(OC(C)C)cc2)C1=O. The summed E-state index contributed by atoms with van der Waals surface area (Å²) >= 11 is 0. The molecule has 1 aliphatic rings. The summed E-state index contributed by atoms with van der Waals surface area (Å²) < 4.78 is 10.9. The molecule has 0 spiro atoms. The summed E-state index contributed by atoms with van der Waals surface area (Å²) in [6.45, 7) is 5.98. The van der Waals surface area contributed by atoms with Crippen molar-refractivity contribution in [2.75, 3.05) is 19.0 Å². The second kappa shape index (κ2) is 8.17. The van der Waals surface area contributed by atoms with Gasteiger partial charge in [0.05, 0.1) is 18.8 Å². The molecule has 0 bridgehead atoms. The Balaban J connectivity index is 2.01. The van der Waals surface area contributed by atoms with E-state index in [-0.39, 0.29) is 23.6 Å². The highest BCUT2D eigenvalue weighted by atomic mass is 16.5. The number of carbonyl (C=O) groups excluding carboxylic acids is 2. The number of rotatable bonds is 7. The minimum Gasteiger partial charge on any atom is -0.497 e. The molecule has 0 atom stereocenters. The van der Waals surface area contributed by atoms with Crippen molar-refractivity contribution in [3.63, 3.8) is 0 Å². The van der Waals surface area contributed by atoms with Crippen LogP contribution in [0.2, 0.25) is 0 Å². The number of amides is 2. The summed E-state index contributed by atoms with van der Waals surface area (Å²) in [4.78, 5) is 26.9. The highest BCUT2D eigenvalue weighted by Crippen LogP contribution is 2.32. The van der Waals surface area contributed by atoms with Crippen molar-refractivity contribution < 1.29 is 19.1 Å². The lowest BCUT2D eigenvalue weighted by atomic mass is 10.0. The first-order chi connectivity index (χ1) is 13.4. The molecule has 28 heavy (non-hydrogen) atoms. The van der Waals surface area contributed by atoms with Gasteiger partial charge >= 0.3 is 0 Å². The highest BCUT2D eigenvalue weighted by Gasteiger charge is 2.38. The van der Waals surface area contributed by atoms with Crippen molar-refractivity contribution >= 4 is 23.1 Å². The van der Waals surface area contributed by atoms with Crippen LogP contribution in [0.25, 0.3) is 5.57 Å². The van der Waals surface area contributed by atoms with Crippen LogP contribution in [0.1, 0.15) is 26.3 Å². The number of methoxy groups -OCH3 is 1. The molecule has 2 aromatic rings. The Hall–Kier alpha value is -3.28. The molecule has 0 fully saturated rings. The summed E-state index contributed by atoms with van der Waals surface area (Å²) in [6, 6.07) is 14.4. The zero-order valence-electron chi connectivity index (χ0n) is 16.5. The van der Waals surface area contributed by atoms with E-state index in [2.05, 4.69) is 5.32 Å². The molecule has 0 saturated carbocycles. The lowest BCUT2D eigenvalue weighted by Gasteiger charge is -2.12. The Labute approximate surface area is 164 Å². The van der Waals surface area contributed by atoms with Gasteiger partial charge in [-0.05, 0) is 50.6 Å². The minimum atomic E-state index is -0.340. The maximum absolute atomic E-state index is 12.9. The molecule has 1 aliphatic heterocycles. The predicted octanol–water partition coefficient (Wildman–Crippen LogP) is 3.69. The molecule has 0 saturated heterocycles. The van der Waals surface area contributed by atoms with Gasteiger partial charge in [0.2, 0.25) is 0 Å². The molecule has 0 radical (unpaired) electrons. The second-order valence-corrected chi connectivity index (χ2v) is 6.65. The van der Waals surface area contributed by atoms with E-state index >= 15 is 0 Å². The van der Waals surface area contributed by atoms with Gasteiger partial charge in [-0.2, -0.15) is 0 Å². The summed E-state index contributed by atoms with van der Waals surface area (Å²) in [5.41, 5.74) is 1.95. The van der Waals surface area contributed by atoms with Gasteiger partial charge in [-0.3, -0.25) is 14.5 Å². The van der Waals surface area contributed by atoms with Crippen LogP contribution in [0.3, 0.4) is 0 Å². The monoisotopic (exact) mass is 380 g/mol.